The highest BCUT2D eigenvalue weighted by molar-refractivity contribution is 5.91. The Hall–Kier alpha value is -2.07. The number of carbonyl (C=O) groups is 1. The summed E-state index contributed by atoms with van der Waals surface area (Å²) in [5, 5.41) is 0. The first-order valence-electron chi connectivity index (χ1n) is 7.81. The number of ketones is 1. The first-order valence-corrected chi connectivity index (χ1v) is 7.81. The molecule has 1 unspecified atom stereocenters. The van der Waals surface area contributed by atoms with Crippen LogP contribution in [0.3, 0.4) is 0 Å². The normalized spacial score (nSPS) is 15.0. The van der Waals surface area contributed by atoms with Gasteiger partial charge in [-0.05, 0) is 62.2 Å². The zero-order chi connectivity index (χ0) is 15.7. The predicted octanol–water partition coefficient (Wildman–Crippen LogP) is 3.25. The number of nitrogens with zero attached hydrogens (tertiary/aromatic N) is 1. The number of furan rings is 1. The fourth-order valence-electron chi connectivity index (χ4n) is 3.12. The first-order chi connectivity index (χ1) is 10.6. The highest BCUT2D eigenvalue weighted by Crippen LogP contribution is 2.34. The Morgan fingerprint density at radius 2 is 2.18 bits per heavy atom. The summed E-state index contributed by atoms with van der Waals surface area (Å²) < 4.78 is 5.62. The van der Waals surface area contributed by atoms with Crippen LogP contribution >= 0.6 is 0 Å². The number of Topliss-reactive ketones (excluding diaryl/α,β-unsaturated/α-hetero) is 1. The van der Waals surface area contributed by atoms with E-state index in [0.29, 0.717) is 18.3 Å². The van der Waals surface area contributed by atoms with Crippen molar-refractivity contribution in [1.29, 1.82) is 0 Å². The molecule has 0 amide bonds. The van der Waals surface area contributed by atoms with Crippen LogP contribution in [-0.4, -0.2) is 24.9 Å². The van der Waals surface area contributed by atoms with Crippen LogP contribution in [0.15, 0.2) is 34.7 Å². The fraction of sp³-hybridized carbons (Fsp3) is 0.389. The molecule has 0 radical (unpaired) electrons. The maximum atomic E-state index is 11.3. The van der Waals surface area contributed by atoms with Gasteiger partial charge in [-0.15, -0.1) is 0 Å². The van der Waals surface area contributed by atoms with E-state index >= 15 is 0 Å². The predicted molar refractivity (Wildman–Crippen MR) is 88.3 cm³/mol. The van der Waals surface area contributed by atoms with Crippen molar-refractivity contribution in [2.75, 3.05) is 18.0 Å². The third-order valence-electron chi connectivity index (χ3n) is 4.36. The molecule has 4 nitrogen and oxygen atoms in total. The van der Waals surface area contributed by atoms with Gasteiger partial charge in [-0.25, -0.2) is 0 Å². The minimum absolute atomic E-state index is 0.0470. The molecule has 0 spiro atoms. The Morgan fingerprint density at radius 3 is 2.86 bits per heavy atom. The van der Waals surface area contributed by atoms with Crippen molar-refractivity contribution < 1.29 is 9.21 Å². The number of nitrogens with two attached hydrogens (primary N) is 1. The molecule has 116 valence electrons. The van der Waals surface area contributed by atoms with Crippen LogP contribution in [0.4, 0.5) is 5.69 Å². The zero-order valence-corrected chi connectivity index (χ0v) is 13.1. The molecule has 1 aliphatic heterocycles. The number of hydrogen-bond donors (Lipinski definition) is 1. The second kappa shape index (κ2) is 5.97. The lowest BCUT2D eigenvalue weighted by atomic mass is 10.1. The molecule has 22 heavy (non-hydrogen) atoms. The summed E-state index contributed by atoms with van der Waals surface area (Å²) in [7, 11) is 0. The molecule has 0 fully saturated rings. The zero-order valence-electron chi connectivity index (χ0n) is 13.1. The van der Waals surface area contributed by atoms with Crippen LogP contribution in [0.2, 0.25) is 0 Å². The van der Waals surface area contributed by atoms with E-state index in [9.17, 15) is 4.79 Å². The van der Waals surface area contributed by atoms with Crippen LogP contribution in [0.25, 0.3) is 11.3 Å². The molecule has 0 aliphatic carbocycles. The van der Waals surface area contributed by atoms with Gasteiger partial charge in [-0.2, -0.15) is 0 Å². The second-order valence-electron chi connectivity index (χ2n) is 5.93. The molecule has 0 saturated carbocycles. The summed E-state index contributed by atoms with van der Waals surface area (Å²) in [6, 6.07) is 10.5. The van der Waals surface area contributed by atoms with E-state index in [1.54, 1.807) is 6.07 Å². The van der Waals surface area contributed by atoms with Crippen molar-refractivity contribution in [3.63, 3.8) is 0 Å². The minimum atomic E-state index is -0.0470. The smallest absolute Gasteiger partial charge is 0.194 e. The molecule has 2 aromatic rings. The van der Waals surface area contributed by atoms with Gasteiger partial charge in [0.25, 0.3) is 0 Å². The Labute approximate surface area is 130 Å². The number of anilines is 1. The van der Waals surface area contributed by atoms with Gasteiger partial charge in [0, 0.05) is 30.8 Å². The summed E-state index contributed by atoms with van der Waals surface area (Å²) in [6.45, 7) is 5.49. The summed E-state index contributed by atoms with van der Waals surface area (Å²) in [5.41, 5.74) is 9.33. The highest BCUT2D eigenvalue weighted by Gasteiger charge is 2.23. The summed E-state index contributed by atoms with van der Waals surface area (Å²) in [4.78, 5) is 13.8. The Kier molecular flexibility index (Phi) is 4.03. The average Bonchev–Trinajstić information content (AvgIpc) is 3.14. The topological polar surface area (TPSA) is 59.5 Å². The van der Waals surface area contributed by atoms with E-state index in [-0.39, 0.29) is 5.78 Å². The van der Waals surface area contributed by atoms with Crippen LogP contribution in [0, 0.1) is 0 Å². The number of rotatable bonds is 5. The summed E-state index contributed by atoms with van der Waals surface area (Å²) >= 11 is 0. The Morgan fingerprint density at radius 1 is 1.36 bits per heavy atom. The van der Waals surface area contributed by atoms with Gasteiger partial charge in [0.15, 0.2) is 11.5 Å². The lowest BCUT2D eigenvalue weighted by Gasteiger charge is -2.27. The van der Waals surface area contributed by atoms with Gasteiger partial charge in [-0.3, -0.25) is 4.79 Å². The molecule has 2 N–H and O–H groups in total. The maximum absolute atomic E-state index is 11.3. The molecule has 2 heterocycles. The summed E-state index contributed by atoms with van der Waals surface area (Å²) in [6.07, 6.45) is 2.04. The Balaban J connectivity index is 1.87. The maximum Gasteiger partial charge on any atom is 0.194 e. The van der Waals surface area contributed by atoms with Gasteiger partial charge in [0.2, 0.25) is 0 Å². The van der Waals surface area contributed by atoms with E-state index in [4.69, 9.17) is 10.2 Å². The third-order valence-corrected chi connectivity index (χ3v) is 4.36. The Bertz CT molecular complexity index is 690. The SMILES string of the molecule is CC(=O)c1ccc(-c2ccc3c(c2)CCN3C(C)CCN)o1. The molecule has 4 heteroatoms. The number of carbonyl (C=O) groups excluding carboxylic acids is 1. The van der Waals surface area contributed by atoms with Crippen molar-refractivity contribution >= 4 is 11.5 Å². The van der Waals surface area contributed by atoms with Gasteiger partial charge < -0.3 is 15.1 Å². The second-order valence-corrected chi connectivity index (χ2v) is 5.93. The van der Waals surface area contributed by atoms with Crippen LogP contribution < -0.4 is 10.6 Å². The van der Waals surface area contributed by atoms with Gasteiger partial charge in [0.05, 0.1) is 0 Å². The lowest BCUT2D eigenvalue weighted by molar-refractivity contribution is 0.0988. The van der Waals surface area contributed by atoms with E-state index in [1.165, 1.54) is 18.2 Å². The van der Waals surface area contributed by atoms with Crippen molar-refractivity contribution in [3.8, 4) is 11.3 Å². The first kappa shape index (κ1) is 14.9. The minimum Gasteiger partial charge on any atom is -0.453 e. The number of benzene rings is 1. The molecular formula is C18H22N2O2. The fourth-order valence-corrected chi connectivity index (χ4v) is 3.12. The molecule has 1 aliphatic rings. The monoisotopic (exact) mass is 298 g/mol. The standard InChI is InChI=1S/C18H22N2O2/c1-12(7-9-19)20-10-8-14-11-15(3-4-16(14)20)18-6-5-17(22-18)13(2)21/h3-6,11-12H,7-10,19H2,1-2H3. The van der Waals surface area contributed by atoms with Gasteiger partial charge in [-0.1, -0.05) is 0 Å². The quantitative estimate of drug-likeness (QED) is 0.861. The third kappa shape index (κ3) is 2.66. The largest absolute Gasteiger partial charge is 0.453 e. The van der Waals surface area contributed by atoms with E-state index in [0.717, 1.165) is 30.7 Å². The van der Waals surface area contributed by atoms with E-state index in [1.807, 2.05) is 6.07 Å². The van der Waals surface area contributed by atoms with Crippen LogP contribution in [0.5, 0.6) is 0 Å². The van der Waals surface area contributed by atoms with Gasteiger partial charge in [0.1, 0.15) is 5.76 Å². The lowest BCUT2D eigenvalue weighted by Crippen LogP contribution is -2.32. The molecule has 1 atom stereocenters. The van der Waals surface area contributed by atoms with Crippen LogP contribution in [0.1, 0.15) is 36.4 Å². The van der Waals surface area contributed by atoms with Crippen molar-refractivity contribution in [3.05, 3.63) is 41.7 Å². The van der Waals surface area contributed by atoms with Crippen molar-refractivity contribution in [1.82, 2.24) is 0 Å². The van der Waals surface area contributed by atoms with Crippen molar-refractivity contribution in [2.45, 2.75) is 32.7 Å². The molecule has 1 aromatic carbocycles. The highest BCUT2D eigenvalue weighted by atomic mass is 16.3. The van der Waals surface area contributed by atoms with Gasteiger partial charge >= 0.3 is 0 Å². The molecular weight excluding hydrogens is 276 g/mol. The molecule has 0 bridgehead atoms. The average molecular weight is 298 g/mol. The summed E-state index contributed by atoms with van der Waals surface area (Å²) in [5.74, 6) is 1.12. The number of fused-ring (bicyclic) bond motifs is 1. The molecule has 3 rings (SSSR count). The molecule has 0 saturated heterocycles. The van der Waals surface area contributed by atoms with E-state index in [2.05, 4.69) is 30.0 Å². The van der Waals surface area contributed by atoms with Crippen molar-refractivity contribution in [2.24, 2.45) is 5.73 Å². The van der Waals surface area contributed by atoms with E-state index < -0.39 is 0 Å². The number of hydrogen-bond acceptors (Lipinski definition) is 4. The van der Waals surface area contributed by atoms with Crippen LogP contribution in [-0.2, 0) is 6.42 Å². The molecule has 1 aromatic heterocycles.